The van der Waals surface area contributed by atoms with E-state index in [0.717, 1.165) is 11.0 Å². The highest BCUT2D eigenvalue weighted by molar-refractivity contribution is 5.89. The Morgan fingerprint density at radius 3 is 2.57 bits per heavy atom. The van der Waals surface area contributed by atoms with Crippen molar-refractivity contribution < 1.29 is 14.6 Å². The number of allylic oxidation sites excluding steroid dienone is 1. The van der Waals surface area contributed by atoms with Gasteiger partial charge in [-0.1, -0.05) is 5.57 Å². The fraction of sp³-hybridized carbons (Fsp3) is 0.389. The van der Waals surface area contributed by atoms with Crippen LogP contribution in [0.5, 0.6) is 17.2 Å². The summed E-state index contributed by atoms with van der Waals surface area (Å²) >= 11 is 0. The normalized spacial score (nSPS) is 10.9. The van der Waals surface area contributed by atoms with Crippen LogP contribution in [0.25, 0.3) is 10.9 Å². The Bertz CT molecular complexity index is 799. The van der Waals surface area contributed by atoms with Crippen LogP contribution < -0.4 is 15.0 Å². The summed E-state index contributed by atoms with van der Waals surface area (Å²) in [5.41, 5.74) is 1.47. The molecule has 23 heavy (non-hydrogen) atoms. The highest BCUT2D eigenvalue weighted by Crippen LogP contribution is 2.35. The van der Waals surface area contributed by atoms with E-state index in [2.05, 4.69) is 0 Å². The van der Waals surface area contributed by atoms with Crippen LogP contribution in [0.3, 0.4) is 0 Å². The minimum atomic E-state index is -0.267. The molecule has 124 valence electrons. The fourth-order valence-electron chi connectivity index (χ4n) is 2.48. The Morgan fingerprint density at radius 2 is 2.00 bits per heavy atom. The van der Waals surface area contributed by atoms with Crippen molar-refractivity contribution in [3.05, 3.63) is 40.2 Å². The van der Waals surface area contributed by atoms with Crippen molar-refractivity contribution in [3.63, 3.8) is 0 Å². The second-order valence-corrected chi connectivity index (χ2v) is 5.93. The zero-order valence-corrected chi connectivity index (χ0v) is 14.2. The molecule has 2 rings (SSSR count). The number of fused-ring (bicyclic) bond motifs is 1. The molecule has 0 spiro atoms. The molecule has 0 aliphatic heterocycles. The molecule has 0 radical (unpaired) electrons. The van der Waals surface area contributed by atoms with Crippen LogP contribution in [-0.4, -0.2) is 23.4 Å². The summed E-state index contributed by atoms with van der Waals surface area (Å²) in [6, 6.07) is 4.79. The molecule has 1 aromatic heterocycles. The molecule has 0 saturated carbocycles. The van der Waals surface area contributed by atoms with Gasteiger partial charge in [0.05, 0.1) is 12.6 Å². The molecule has 5 heteroatoms. The Morgan fingerprint density at radius 1 is 1.30 bits per heavy atom. The Labute approximate surface area is 135 Å². The van der Waals surface area contributed by atoms with Crippen molar-refractivity contribution in [2.45, 2.75) is 33.7 Å². The number of pyridine rings is 1. The first-order chi connectivity index (χ1) is 10.9. The molecule has 2 aromatic rings. The van der Waals surface area contributed by atoms with Crippen LogP contribution in [0.1, 0.15) is 33.7 Å². The lowest BCUT2D eigenvalue weighted by Crippen LogP contribution is -2.25. The molecule has 0 fully saturated rings. The number of ether oxygens (including phenoxy) is 2. The number of hydrogen-bond donors (Lipinski definition) is 1. The van der Waals surface area contributed by atoms with Crippen molar-refractivity contribution >= 4 is 10.9 Å². The molecule has 1 N–H and O–H groups in total. The molecule has 1 heterocycles. The van der Waals surface area contributed by atoms with Gasteiger partial charge in [0.15, 0.2) is 5.75 Å². The lowest BCUT2D eigenvalue weighted by atomic mass is 10.1. The van der Waals surface area contributed by atoms with E-state index >= 15 is 0 Å². The standard InChI is InChI=1S/C18H23NO4/c1-11(2)8-9-23-17-16(22-5)14-7-6-13(20)10-15(14)19(12(3)4)18(17)21/h6-8,10,12,20H,9H2,1-5H3. The summed E-state index contributed by atoms with van der Waals surface area (Å²) in [6.45, 7) is 8.07. The highest BCUT2D eigenvalue weighted by Gasteiger charge is 2.20. The van der Waals surface area contributed by atoms with Gasteiger partial charge in [0.25, 0.3) is 5.56 Å². The van der Waals surface area contributed by atoms with Gasteiger partial charge in [0, 0.05) is 17.5 Å². The molecule has 1 aromatic carbocycles. The number of hydrogen-bond acceptors (Lipinski definition) is 4. The minimum Gasteiger partial charge on any atom is -0.508 e. The van der Waals surface area contributed by atoms with Crippen molar-refractivity contribution in [3.8, 4) is 17.2 Å². The number of phenols is 1. The number of phenolic OH excluding ortho intramolecular Hbond substituents is 1. The monoisotopic (exact) mass is 317 g/mol. The third-order valence-electron chi connectivity index (χ3n) is 3.54. The van der Waals surface area contributed by atoms with Gasteiger partial charge >= 0.3 is 0 Å². The number of nitrogens with zero attached hydrogens (tertiary/aromatic N) is 1. The van der Waals surface area contributed by atoms with E-state index in [4.69, 9.17) is 9.47 Å². The van der Waals surface area contributed by atoms with E-state index in [1.54, 1.807) is 22.8 Å². The van der Waals surface area contributed by atoms with Crippen molar-refractivity contribution in [1.29, 1.82) is 0 Å². The summed E-state index contributed by atoms with van der Waals surface area (Å²) in [5, 5.41) is 10.5. The lowest BCUT2D eigenvalue weighted by molar-refractivity contribution is 0.319. The van der Waals surface area contributed by atoms with Crippen LogP contribution in [0.4, 0.5) is 0 Å². The van der Waals surface area contributed by atoms with E-state index in [-0.39, 0.29) is 23.1 Å². The molecule has 0 aliphatic rings. The largest absolute Gasteiger partial charge is 0.508 e. The molecule has 0 aliphatic carbocycles. The van der Waals surface area contributed by atoms with E-state index in [1.807, 2.05) is 33.8 Å². The van der Waals surface area contributed by atoms with Gasteiger partial charge < -0.3 is 19.1 Å². The molecule has 0 unspecified atom stereocenters. The van der Waals surface area contributed by atoms with Crippen LogP contribution in [0.15, 0.2) is 34.6 Å². The molecule has 0 atom stereocenters. The third-order valence-corrected chi connectivity index (χ3v) is 3.54. The smallest absolute Gasteiger partial charge is 0.297 e. The highest BCUT2D eigenvalue weighted by atomic mass is 16.5. The molecule has 5 nitrogen and oxygen atoms in total. The van der Waals surface area contributed by atoms with Crippen molar-refractivity contribution in [2.24, 2.45) is 0 Å². The average Bonchev–Trinajstić information content (AvgIpc) is 2.46. The third kappa shape index (κ3) is 3.33. The maximum absolute atomic E-state index is 12.8. The minimum absolute atomic E-state index is 0.0801. The number of aromatic hydroxyl groups is 1. The van der Waals surface area contributed by atoms with Gasteiger partial charge in [-0.15, -0.1) is 0 Å². The van der Waals surface area contributed by atoms with E-state index in [1.165, 1.54) is 7.11 Å². The second kappa shape index (κ2) is 6.77. The topological polar surface area (TPSA) is 60.7 Å². The summed E-state index contributed by atoms with van der Waals surface area (Å²) < 4.78 is 12.7. The fourth-order valence-corrected chi connectivity index (χ4v) is 2.48. The van der Waals surface area contributed by atoms with Gasteiger partial charge in [0.1, 0.15) is 12.4 Å². The predicted molar refractivity (Wildman–Crippen MR) is 91.7 cm³/mol. The number of aromatic nitrogens is 1. The van der Waals surface area contributed by atoms with Gasteiger partial charge in [-0.2, -0.15) is 0 Å². The summed E-state index contributed by atoms with van der Waals surface area (Å²) in [7, 11) is 1.51. The van der Waals surface area contributed by atoms with Crippen LogP contribution >= 0.6 is 0 Å². The van der Waals surface area contributed by atoms with Crippen LogP contribution in [-0.2, 0) is 0 Å². The molecule has 0 amide bonds. The molecule has 0 bridgehead atoms. The maximum atomic E-state index is 12.8. The van der Waals surface area contributed by atoms with Crippen molar-refractivity contribution in [2.75, 3.05) is 13.7 Å². The summed E-state index contributed by atoms with van der Waals surface area (Å²) in [5.74, 6) is 0.688. The summed E-state index contributed by atoms with van der Waals surface area (Å²) in [6.07, 6.45) is 1.90. The number of benzene rings is 1. The lowest BCUT2D eigenvalue weighted by Gasteiger charge is -2.19. The van der Waals surface area contributed by atoms with E-state index < -0.39 is 0 Å². The van der Waals surface area contributed by atoms with E-state index in [0.29, 0.717) is 17.9 Å². The van der Waals surface area contributed by atoms with Crippen LogP contribution in [0, 0.1) is 0 Å². The number of rotatable bonds is 5. The first kappa shape index (κ1) is 16.9. The second-order valence-electron chi connectivity index (χ2n) is 5.93. The average molecular weight is 317 g/mol. The molecular weight excluding hydrogens is 294 g/mol. The summed E-state index contributed by atoms with van der Waals surface area (Å²) in [4.78, 5) is 12.8. The van der Waals surface area contributed by atoms with Gasteiger partial charge in [-0.05, 0) is 45.9 Å². The Balaban J connectivity index is 2.75. The molecular formula is C18H23NO4. The van der Waals surface area contributed by atoms with Gasteiger partial charge in [-0.3, -0.25) is 4.79 Å². The zero-order chi connectivity index (χ0) is 17.1. The Hall–Kier alpha value is -2.43. The van der Waals surface area contributed by atoms with Gasteiger partial charge in [-0.25, -0.2) is 0 Å². The van der Waals surface area contributed by atoms with Crippen molar-refractivity contribution in [1.82, 2.24) is 4.57 Å². The maximum Gasteiger partial charge on any atom is 0.297 e. The van der Waals surface area contributed by atoms with Crippen LogP contribution in [0.2, 0.25) is 0 Å². The Kier molecular flexibility index (Phi) is 4.98. The predicted octanol–water partition coefficient (Wildman–Crippen LogP) is 3.64. The first-order valence-corrected chi connectivity index (χ1v) is 7.58. The zero-order valence-electron chi connectivity index (χ0n) is 14.2. The first-order valence-electron chi connectivity index (χ1n) is 7.58. The quantitative estimate of drug-likeness (QED) is 0.855. The van der Waals surface area contributed by atoms with E-state index in [9.17, 15) is 9.90 Å². The van der Waals surface area contributed by atoms with Gasteiger partial charge in [0.2, 0.25) is 5.75 Å². The SMILES string of the molecule is COc1c(OCC=C(C)C)c(=O)n(C(C)C)c2cc(O)ccc12. The number of methoxy groups -OCH3 is 1. The molecule has 0 saturated heterocycles.